The predicted octanol–water partition coefficient (Wildman–Crippen LogP) is 3.81. The van der Waals surface area contributed by atoms with Crippen LogP contribution in [-0.4, -0.2) is 48.9 Å². The number of para-hydroxylation sites is 1. The lowest BCUT2D eigenvalue weighted by molar-refractivity contribution is -0.123. The number of hydrogen-bond acceptors (Lipinski definition) is 4. The standard InChI is InChI=1S/C26H25N3O2/c30-25-19-24(28-17-15-27(16-18-28)22-9-5-2-6-10-22)26(31)29(25)23-13-11-21(12-14-23)20-7-3-1-4-8-20/h1-14,24H,15-19H2/t24-/m0/s1. The zero-order valence-electron chi connectivity index (χ0n) is 17.4. The number of carbonyl (C=O) groups is 2. The van der Waals surface area contributed by atoms with Gasteiger partial charge in [-0.25, -0.2) is 4.90 Å². The van der Waals surface area contributed by atoms with Gasteiger partial charge in [-0.1, -0.05) is 60.7 Å². The van der Waals surface area contributed by atoms with Crippen LogP contribution in [0.5, 0.6) is 0 Å². The molecule has 0 spiro atoms. The molecule has 0 unspecified atom stereocenters. The van der Waals surface area contributed by atoms with Crippen LogP contribution in [0.1, 0.15) is 6.42 Å². The molecule has 31 heavy (non-hydrogen) atoms. The van der Waals surface area contributed by atoms with Gasteiger partial charge in [0, 0.05) is 31.9 Å². The van der Waals surface area contributed by atoms with Crippen LogP contribution < -0.4 is 9.80 Å². The Bertz CT molecular complexity index is 1060. The highest BCUT2D eigenvalue weighted by Crippen LogP contribution is 2.29. The summed E-state index contributed by atoms with van der Waals surface area (Å²) >= 11 is 0. The van der Waals surface area contributed by atoms with Crippen LogP contribution in [0, 0.1) is 0 Å². The second-order valence-electron chi connectivity index (χ2n) is 8.06. The smallest absolute Gasteiger partial charge is 0.251 e. The Balaban J connectivity index is 1.27. The summed E-state index contributed by atoms with van der Waals surface area (Å²) in [7, 11) is 0. The van der Waals surface area contributed by atoms with E-state index in [0.717, 1.165) is 37.3 Å². The van der Waals surface area contributed by atoms with Crippen molar-refractivity contribution < 1.29 is 9.59 Å². The molecule has 3 aromatic carbocycles. The summed E-state index contributed by atoms with van der Waals surface area (Å²) in [6, 6.07) is 27.7. The van der Waals surface area contributed by atoms with Gasteiger partial charge in [0.1, 0.15) is 0 Å². The molecular formula is C26H25N3O2. The van der Waals surface area contributed by atoms with Crippen LogP contribution >= 0.6 is 0 Å². The number of amides is 2. The molecule has 0 radical (unpaired) electrons. The third-order valence-electron chi connectivity index (χ3n) is 6.23. The van der Waals surface area contributed by atoms with Crippen molar-refractivity contribution in [1.82, 2.24) is 4.90 Å². The van der Waals surface area contributed by atoms with E-state index in [0.29, 0.717) is 5.69 Å². The van der Waals surface area contributed by atoms with Gasteiger partial charge in [-0.05, 0) is 35.4 Å². The molecule has 0 aromatic heterocycles. The van der Waals surface area contributed by atoms with E-state index in [-0.39, 0.29) is 24.3 Å². The molecular weight excluding hydrogens is 386 g/mol. The number of piperazine rings is 1. The summed E-state index contributed by atoms with van der Waals surface area (Å²) in [5.41, 5.74) is 4.04. The molecule has 5 nitrogen and oxygen atoms in total. The van der Waals surface area contributed by atoms with E-state index in [9.17, 15) is 9.59 Å². The van der Waals surface area contributed by atoms with Crippen molar-refractivity contribution in [2.75, 3.05) is 36.0 Å². The van der Waals surface area contributed by atoms with E-state index in [2.05, 4.69) is 21.9 Å². The number of benzene rings is 3. The lowest BCUT2D eigenvalue weighted by atomic mass is 10.1. The lowest BCUT2D eigenvalue weighted by Crippen LogP contribution is -2.52. The van der Waals surface area contributed by atoms with E-state index < -0.39 is 0 Å². The van der Waals surface area contributed by atoms with Gasteiger partial charge in [-0.15, -0.1) is 0 Å². The SMILES string of the molecule is O=C1C[C@H](N2CCN(c3ccccc3)CC2)C(=O)N1c1ccc(-c2ccccc2)cc1. The van der Waals surface area contributed by atoms with Crippen molar-refractivity contribution >= 4 is 23.2 Å². The number of anilines is 2. The monoisotopic (exact) mass is 411 g/mol. The Hall–Kier alpha value is -3.44. The van der Waals surface area contributed by atoms with E-state index in [4.69, 9.17) is 0 Å². The number of hydrogen-bond donors (Lipinski definition) is 0. The second kappa shape index (κ2) is 8.36. The highest BCUT2D eigenvalue weighted by atomic mass is 16.2. The zero-order valence-corrected chi connectivity index (χ0v) is 17.4. The third-order valence-corrected chi connectivity index (χ3v) is 6.23. The predicted molar refractivity (Wildman–Crippen MR) is 123 cm³/mol. The summed E-state index contributed by atoms with van der Waals surface area (Å²) < 4.78 is 0. The van der Waals surface area contributed by atoms with Crippen LogP contribution in [0.3, 0.4) is 0 Å². The molecule has 0 saturated carbocycles. The van der Waals surface area contributed by atoms with Crippen LogP contribution in [-0.2, 0) is 9.59 Å². The molecule has 5 heteroatoms. The maximum absolute atomic E-state index is 13.2. The number of nitrogens with zero attached hydrogens (tertiary/aromatic N) is 3. The van der Waals surface area contributed by atoms with Crippen LogP contribution in [0.25, 0.3) is 11.1 Å². The van der Waals surface area contributed by atoms with Crippen LogP contribution in [0.15, 0.2) is 84.9 Å². The minimum atomic E-state index is -0.362. The van der Waals surface area contributed by atoms with Gasteiger partial charge in [0.25, 0.3) is 5.91 Å². The van der Waals surface area contributed by atoms with E-state index in [1.165, 1.54) is 10.6 Å². The van der Waals surface area contributed by atoms with Crippen LogP contribution in [0.2, 0.25) is 0 Å². The summed E-state index contributed by atoms with van der Waals surface area (Å²) in [4.78, 5) is 31.8. The number of carbonyl (C=O) groups excluding carboxylic acids is 2. The molecule has 2 fully saturated rings. The highest BCUT2D eigenvalue weighted by Gasteiger charge is 2.43. The van der Waals surface area contributed by atoms with E-state index >= 15 is 0 Å². The molecule has 0 aliphatic carbocycles. The summed E-state index contributed by atoms with van der Waals surface area (Å²) in [6.45, 7) is 3.26. The molecule has 156 valence electrons. The van der Waals surface area contributed by atoms with E-state index in [1.807, 2.05) is 72.8 Å². The molecule has 2 aliphatic rings. The minimum absolute atomic E-state index is 0.106. The first-order chi connectivity index (χ1) is 15.2. The van der Waals surface area contributed by atoms with Crippen molar-refractivity contribution in [1.29, 1.82) is 0 Å². The Morgan fingerprint density at radius 1 is 0.613 bits per heavy atom. The first-order valence-electron chi connectivity index (χ1n) is 10.8. The van der Waals surface area contributed by atoms with Gasteiger partial charge in [0.05, 0.1) is 18.2 Å². The molecule has 2 heterocycles. The quantitative estimate of drug-likeness (QED) is 0.613. The number of rotatable bonds is 4. The van der Waals surface area contributed by atoms with Crippen molar-refractivity contribution in [3.8, 4) is 11.1 Å². The van der Waals surface area contributed by atoms with Gasteiger partial charge >= 0.3 is 0 Å². The Kier molecular flexibility index (Phi) is 5.26. The molecule has 3 aromatic rings. The van der Waals surface area contributed by atoms with Gasteiger partial charge < -0.3 is 4.90 Å². The zero-order chi connectivity index (χ0) is 21.2. The molecule has 1 atom stereocenters. The van der Waals surface area contributed by atoms with Crippen molar-refractivity contribution in [2.24, 2.45) is 0 Å². The fourth-order valence-corrected chi connectivity index (χ4v) is 4.54. The largest absolute Gasteiger partial charge is 0.369 e. The Labute approximate surface area is 182 Å². The molecule has 0 N–H and O–H groups in total. The van der Waals surface area contributed by atoms with Crippen molar-refractivity contribution in [3.63, 3.8) is 0 Å². The molecule has 0 bridgehead atoms. The Morgan fingerprint density at radius 3 is 1.84 bits per heavy atom. The fraction of sp³-hybridized carbons (Fsp3) is 0.231. The summed E-state index contributed by atoms with van der Waals surface area (Å²) in [6.07, 6.45) is 0.255. The molecule has 5 rings (SSSR count). The first-order valence-corrected chi connectivity index (χ1v) is 10.8. The normalized spacial score (nSPS) is 19.8. The second-order valence-corrected chi connectivity index (χ2v) is 8.06. The maximum Gasteiger partial charge on any atom is 0.251 e. The topological polar surface area (TPSA) is 43.9 Å². The van der Waals surface area contributed by atoms with Gasteiger partial charge in [0.2, 0.25) is 5.91 Å². The molecule has 2 amide bonds. The molecule has 2 saturated heterocycles. The summed E-state index contributed by atoms with van der Waals surface area (Å²) in [5, 5.41) is 0. The third kappa shape index (κ3) is 3.84. The average Bonchev–Trinajstić information content (AvgIpc) is 3.14. The molecule has 2 aliphatic heterocycles. The first kappa shape index (κ1) is 19.5. The minimum Gasteiger partial charge on any atom is -0.369 e. The van der Waals surface area contributed by atoms with Crippen molar-refractivity contribution in [2.45, 2.75) is 12.5 Å². The fourth-order valence-electron chi connectivity index (χ4n) is 4.54. The average molecular weight is 412 g/mol. The van der Waals surface area contributed by atoms with Crippen molar-refractivity contribution in [3.05, 3.63) is 84.9 Å². The highest BCUT2D eigenvalue weighted by molar-refractivity contribution is 6.22. The number of imide groups is 1. The lowest BCUT2D eigenvalue weighted by Gasteiger charge is -2.38. The van der Waals surface area contributed by atoms with Gasteiger partial charge in [-0.2, -0.15) is 0 Å². The van der Waals surface area contributed by atoms with E-state index in [1.54, 1.807) is 0 Å². The Morgan fingerprint density at radius 2 is 1.19 bits per heavy atom. The van der Waals surface area contributed by atoms with Crippen LogP contribution in [0.4, 0.5) is 11.4 Å². The summed E-state index contributed by atoms with van der Waals surface area (Å²) in [5.74, 6) is -0.224. The van der Waals surface area contributed by atoms with Gasteiger partial charge in [0.15, 0.2) is 0 Å². The maximum atomic E-state index is 13.2. The van der Waals surface area contributed by atoms with Gasteiger partial charge in [-0.3, -0.25) is 14.5 Å².